The molecule has 0 fully saturated rings. The molecule has 1 rings (SSSR count). The minimum Gasteiger partial charge on any atom is -0.383 e. The van der Waals surface area contributed by atoms with Crippen LogP contribution in [0.15, 0.2) is 12.4 Å². The summed E-state index contributed by atoms with van der Waals surface area (Å²) in [6, 6.07) is 0.741. The van der Waals surface area contributed by atoms with Crippen molar-refractivity contribution in [2.45, 2.75) is 52.6 Å². The van der Waals surface area contributed by atoms with Crippen molar-refractivity contribution >= 4 is 5.95 Å². The van der Waals surface area contributed by atoms with Gasteiger partial charge in [0.2, 0.25) is 5.95 Å². The smallest absolute Gasteiger partial charge is 0.203 e. The lowest BCUT2D eigenvalue weighted by Crippen LogP contribution is -2.25. The van der Waals surface area contributed by atoms with E-state index >= 15 is 0 Å². The van der Waals surface area contributed by atoms with Crippen LogP contribution in [-0.4, -0.2) is 29.3 Å². The van der Waals surface area contributed by atoms with E-state index in [1.165, 1.54) is 12.8 Å². The van der Waals surface area contributed by atoms with Gasteiger partial charge in [-0.15, -0.1) is 0 Å². The first-order valence-corrected chi connectivity index (χ1v) is 6.92. The Morgan fingerprint density at radius 2 is 2.00 bits per heavy atom. The largest absolute Gasteiger partial charge is 0.383 e. The summed E-state index contributed by atoms with van der Waals surface area (Å²) in [7, 11) is 1.72. The van der Waals surface area contributed by atoms with Gasteiger partial charge in [0.25, 0.3) is 0 Å². The standard InChI is InChI=1S/C14H27N3O/c1-6-13(7-2)12(4)17-9-8-15-14(17)16-11(3)10-18-5/h8-9,11-13H,6-7,10H2,1-5H3,(H,15,16). The molecule has 0 bridgehead atoms. The van der Waals surface area contributed by atoms with Gasteiger partial charge in [-0.05, 0) is 19.8 Å². The van der Waals surface area contributed by atoms with E-state index in [1.807, 2.05) is 6.20 Å². The van der Waals surface area contributed by atoms with Gasteiger partial charge in [-0.2, -0.15) is 0 Å². The molecule has 4 nitrogen and oxygen atoms in total. The number of aromatic nitrogens is 2. The second-order valence-electron chi connectivity index (χ2n) is 4.98. The van der Waals surface area contributed by atoms with Gasteiger partial charge in [0.15, 0.2) is 0 Å². The Balaban J connectivity index is 2.75. The van der Waals surface area contributed by atoms with Crippen molar-refractivity contribution in [1.82, 2.24) is 9.55 Å². The second kappa shape index (κ2) is 7.41. The summed E-state index contributed by atoms with van der Waals surface area (Å²) >= 11 is 0. The quantitative estimate of drug-likeness (QED) is 0.772. The lowest BCUT2D eigenvalue weighted by atomic mass is 9.95. The maximum Gasteiger partial charge on any atom is 0.203 e. The SMILES string of the molecule is CCC(CC)C(C)n1ccnc1NC(C)COC. The highest BCUT2D eigenvalue weighted by molar-refractivity contribution is 5.28. The third kappa shape index (κ3) is 3.73. The highest BCUT2D eigenvalue weighted by Gasteiger charge is 2.18. The van der Waals surface area contributed by atoms with Crippen molar-refractivity contribution in [3.63, 3.8) is 0 Å². The molecule has 1 heterocycles. The maximum atomic E-state index is 5.14. The van der Waals surface area contributed by atoms with Crippen molar-refractivity contribution in [3.05, 3.63) is 12.4 Å². The Labute approximate surface area is 111 Å². The molecular weight excluding hydrogens is 226 g/mol. The zero-order chi connectivity index (χ0) is 13.5. The van der Waals surface area contributed by atoms with Gasteiger partial charge in [0.05, 0.1) is 6.61 Å². The molecule has 0 saturated carbocycles. The van der Waals surface area contributed by atoms with E-state index in [1.54, 1.807) is 7.11 Å². The predicted molar refractivity (Wildman–Crippen MR) is 76.0 cm³/mol. The summed E-state index contributed by atoms with van der Waals surface area (Å²) in [6.07, 6.45) is 6.32. The van der Waals surface area contributed by atoms with Crippen molar-refractivity contribution in [1.29, 1.82) is 0 Å². The van der Waals surface area contributed by atoms with Crippen LogP contribution in [0.25, 0.3) is 0 Å². The zero-order valence-electron chi connectivity index (χ0n) is 12.3. The van der Waals surface area contributed by atoms with Gasteiger partial charge in [-0.1, -0.05) is 26.7 Å². The molecule has 0 saturated heterocycles. The van der Waals surface area contributed by atoms with Crippen LogP contribution < -0.4 is 5.32 Å². The Morgan fingerprint density at radius 3 is 2.56 bits per heavy atom. The Hall–Kier alpha value is -1.03. The molecule has 2 atom stereocenters. The number of nitrogens with one attached hydrogen (secondary N) is 1. The average Bonchev–Trinajstić information content (AvgIpc) is 2.78. The van der Waals surface area contributed by atoms with Crippen molar-refractivity contribution < 1.29 is 4.74 Å². The van der Waals surface area contributed by atoms with E-state index in [-0.39, 0.29) is 6.04 Å². The van der Waals surface area contributed by atoms with Gasteiger partial charge in [-0.25, -0.2) is 4.98 Å². The third-order valence-electron chi connectivity index (χ3n) is 3.63. The number of rotatable bonds is 8. The van der Waals surface area contributed by atoms with E-state index in [2.05, 4.69) is 48.8 Å². The summed E-state index contributed by atoms with van der Waals surface area (Å²) in [5.41, 5.74) is 0. The lowest BCUT2D eigenvalue weighted by Gasteiger charge is -2.25. The molecule has 1 N–H and O–H groups in total. The number of hydrogen-bond acceptors (Lipinski definition) is 3. The number of imidazole rings is 1. The van der Waals surface area contributed by atoms with Crippen LogP contribution in [0.2, 0.25) is 0 Å². The summed E-state index contributed by atoms with van der Waals surface area (Å²) in [5, 5.41) is 3.40. The van der Waals surface area contributed by atoms with Gasteiger partial charge in [0.1, 0.15) is 0 Å². The molecule has 0 aliphatic carbocycles. The minimum atomic E-state index is 0.269. The molecule has 2 unspecified atom stereocenters. The van der Waals surface area contributed by atoms with Gasteiger partial charge in [0, 0.05) is 31.6 Å². The van der Waals surface area contributed by atoms with Gasteiger partial charge >= 0.3 is 0 Å². The molecule has 104 valence electrons. The highest BCUT2D eigenvalue weighted by Crippen LogP contribution is 2.26. The van der Waals surface area contributed by atoms with E-state index in [0.29, 0.717) is 18.6 Å². The van der Waals surface area contributed by atoms with Crippen LogP contribution in [0, 0.1) is 5.92 Å². The second-order valence-corrected chi connectivity index (χ2v) is 4.98. The molecule has 4 heteroatoms. The number of methoxy groups -OCH3 is 1. The summed E-state index contributed by atoms with van der Waals surface area (Å²) in [5.74, 6) is 1.64. The Morgan fingerprint density at radius 1 is 1.33 bits per heavy atom. The predicted octanol–water partition coefficient (Wildman–Crippen LogP) is 3.33. The van der Waals surface area contributed by atoms with Gasteiger partial charge < -0.3 is 14.6 Å². The van der Waals surface area contributed by atoms with E-state index in [0.717, 1.165) is 5.95 Å². The Bertz CT molecular complexity index is 334. The first-order valence-electron chi connectivity index (χ1n) is 6.92. The molecule has 18 heavy (non-hydrogen) atoms. The number of hydrogen-bond donors (Lipinski definition) is 1. The fourth-order valence-corrected chi connectivity index (χ4v) is 2.46. The fourth-order valence-electron chi connectivity index (χ4n) is 2.46. The van der Waals surface area contributed by atoms with Crippen LogP contribution in [-0.2, 0) is 4.74 Å². The van der Waals surface area contributed by atoms with Crippen molar-refractivity contribution in [2.75, 3.05) is 19.0 Å². The topological polar surface area (TPSA) is 39.1 Å². The van der Waals surface area contributed by atoms with Crippen molar-refractivity contribution in [2.24, 2.45) is 5.92 Å². The minimum absolute atomic E-state index is 0.269. The van der Waals surface area contributed by atoms with Gasteiger partial charge in [-0.3, -0.25) is 0 Å². The zero-order valence-corrected chi connectivity index (χ0v) is 12.3. The van der Waals surface area contributed by atoms with E-state index in [9.17, 15) is 0 Å². The number of ether oxygens (including phenoxy) is 1. The molecular formula is C14H27N3O. The van der Waals surface area contributed by atoms with Crippen LogP contribution in [0.4, 0.5) is 5.95 Å². The maximum absolute atomic E-state index is 5.14. The first-order chi connectivity index (χ1) is 8.63. The molecule has 0 radical (unpaired) electrons. The summed E-state index contributed by atoms with van der Waals surface area (Å²) in [4.78, 5) is 4.41. The molecule has 0 aliphatic rings. The van der Waals surface area contributed by atoms with E-state index in [4.69, 9.17) is 4.74 Å². The molecule has 0 amide bonds. The lowest BCUT2D eigenvalue weighted by molar-refractivity contribution is 0.190. The molecule has 1 aromatic rings. The van der Waals surface area contributed by atoms with Crippen LogP contribution >= 0.6 is 0 Å². The molecule has 0 aliphatic heterocycles. The summed E-state index contributed by atoms with van der Waals surface area (Å²) < 4.78 is 7.38. The van der Waals surface area contributed by atoms with Crippen molar-refractivity contribution in [3.8, 4) is 0 Å². The molecule has 0 aromatic carbocycles. The number of anilines is 1. The first kappa shape index (κ1) is 15.0. The van der Waals surface area contributed by atoms with Crippen LogP contribution in [0.5, 0.6) is 0 Å². The average molecular weight is 253 g/mol. The highest BCUT2D eigenvalue weighted by atomic mass is 16.5. The normalized spacial score (nSPS) is 14.8. The Kier molecular flexibility index (Phi) is 6.19. The fraction of sp³-hybridized carbons (Fsp3) is 0.786. The third-order valence-corrected chi connectivity index (χ3v) is 3.63. The molecule has 0 spiro atoms. The molecule has 1 aromatic heterocycles. The van der Waals surface area contributed by atoms with Crippen LogP contribution in [0.3, 0.4) is 0 Å². The monoisotopic (exact) mass is 253 g/mol. The van der Waals surface area contributed by atoms with Crippen LogP contribution in [0.1, 0.15) is 46.6 Å². The van der Waals surface area contributed by atoms with E-state index < -0.39 is 0 Å². The summed E-state index contributed by atoms with van der Waals surface area (Å²) in [6.45, 7) is 9.56. The number of nitrogens with zero attached hydrogens (tertiary/aromatic N) is 2.